The summed E-state index contributed by atoms with van der Waals surface area (Å²) in [6.45, 7) is 0. The Labute approximate surface area is 132 Å². The Morgan fingerprint density at radius 2 is 2.05 bits per heavy atom. The van der Waals surface area contributed by atoms with Gasteiger partial charge in [0.2, 0.25) is 5.91 Å². The molecule has 0 saturated heterocycles. The number of aromatic nitrogens is 1. The lowest BCUT2D eigenvalue weighted by Gasteiger charge is -2.19. The first kappa shape index (κ1) is 15.0. The average molecular weight is 318 g/mol. The second-order valence-corrected chi connectivity index (χ2v) is 6.55. The molecule has 22 heavy (non-hydrogen) atoms. The van der Waals surface area contributed by atoms with Gasteiger partial charge in [-0.05, 0) is 30.9 Å². The second-order valence-electron chi connectivity index (χ2n) is 5.52. The zero-order chi connectivity index (χ0) is 15.5. The third kappa shape index (κ3) is 2.97. The van der Waals surface area contributed by atoms with E-state index in [0.29, 0.717) is 5.13 Å². The number of amides is 1. The molecular formula is C16H18N2O3S. The van der Waals surface area contributed by atoms with Gasteiger partial charge in [0.1, 0.15) is 5.92 Å². The molecule has 1 atom stereocenters. The highest BCUT2D eigenvalue weighted by atomic mass is 32.1. The molecule has 5 nitrogen and oxygen atoms in total. The number of thiazole rings is 1. The lowest BCUT2D eigenvalue weighted by molar-refractivity contribution is -0.150. The van der Waals surface area contributed by atoms with Crippen LogP contribution in [0.5, 0.6) is 0 Å². The van der Waals surface area contributed by atoms with E-state index in [2.05, 4.69) is 10.3 Å². The van der Waals surface area contributed by atoms with Crippen molar-refractivity contribution in [3.63, 3.8) is 0 Å². The first-order valence-corrected chi connectivity index (χ1v) is 8.25. The van der Waals surface area contributed by atoms with Crippen molar-refractivity contribution in [1.82, 2.24) is 4.98 Å². The SMILES string of the molecule is COC(=O)[C@H](C(=O)Nc1nc2ccccc2s1)C1CCCC1. The zero-order valence-corrected chi connectivity index (χ0v) is 13.2. The number of anilines is 1. The Morgan fingerprint density at radius 3 is 2.73 bits per heavy atom. The van der Waals surface area contributed by atoms with Gasteiger partial charge in [0.15, 0.2) is 5.13 Å². The third-order valence-electron chi connectivity index (χ3n) is 4.13. The topological polar surface area (TPSA) is 68.3 Å². The molecule has 1 aromatic heterocycles. The lowest BCUT2D eigenvalue weighted by atomic mass is 9.90. The number of esters is 1. The normalized spacial score (nSPS) is 16.6. The molecule has 116 valence electrons. The summed E-state index contributed by atoms with van der Waals surface area (Å²) in [4.78, 5) is 28.9. The summed E-state index contributed by atoms with van der Waals surface area (Å²) in [6.07, 6.45) is 3.92. The molecule has 1 saturated carbocycles. The standard InChI is InChI=1S/C16H18N2O3S/c1-21-15(20)13(10-6-2-3-7-10)14(19)18-16-17-11-8-4-5-9-12(11)22-16/h4-5,8-10,13H,2-3,6-7H2,1H3,(H,17,18,19)/t13-/m0/s1. The fraction of sp³-hybridized carbons (Fsp3) is 0.438. The number of fused-ring (bicyclic) bond motifs is 1. The number of hydrogen-bond donors (Lipinski definition) is 1. The van der Waals surface area contributed by atoms with Gasteiger partial charge in [0, 0.05) is 0 Å². The summed E-state index contributed by atoms with van der Waals surface area (Å²) in [5, 5.41) is 3.32. The molecule has 3 rings (SSSR count). The van der Waals surface area contributed by atoms with Crippen LogP contribution in [0.3, 0.4) is 0 Å². The van der Waals surface area contributed by atoms with E-state index in [1.807, 2.05) is 24.3 Å². The van der Waals surface area contributed by atoms with E-state index in [9.17, 15) is 9.59 Å². The summed E-state index contributed by atoms with van der Waals surface area (Å²) in [7, 11) is 1.33. The van der Waals surface area contributed by atoms with Crippen LogP contribution < -0.4 is 5.32 Å². The fourth-order valence-corrected chi connectivity index (χ4v) is 3.91. The molecule has 0 spiro atoms. The summed E-state index contributed by atoms with van der Waals surface area (Å²) >= 11 is 1.41. The zero-order valence-electron chi connectivity index (χ0n) is 12.4. The molecule has 0 bridgehead atoms. The smallest absolute Gasteiger partial charge is 0.318 e. The van der Waals surface area contributed by atoms with Crippen LogP contribution in [0.4, 0.5) is 5.13 Å². The predicted octanol–water partition coefficient (Wildman–Crippen LogP) is 3.21. The van der Waals surface area contributed by atoms with Gasteiger partial charge in [-0.2, -0.15) is 0 Å². The molecule has 1 amide bonds. The molecule has 6 heteroatoms. The van der Waals surface area contributed by atoms with Gasteiger partial charge in [0.25, 0.3) is 0 Å². The molecular weight excluding hydrogens is 300 g/mol. The first-order valence-electron chi connectivity index (χ1n) is 7.43. The molecule has 1 fully saturated rings. The summed E-state index contributed by atoms with van der Waals surface area (Å²) < 4.78 is 5.83. The number of ether oxygens (including phenoxy) is 1. The van der Waals surface area contributed by atoms with Gasteiger partial charge < -0.3 is 10.1 Å². The summed E-state index contributed by atoms with van der Waals surface area (Å²) in [5.74, 6) is -1.43. The van der Waals surface area contributed by atoms with E-state index in [0.717, 1.165) is 35.9 Å². The van der Waals surface area contributed by atoms with E-state index in [-0.39, 0.29) is 11.8 Å². The van der Waals surface area contributed by atoms with Crippen molar-refractivity contribution < 1.29 is 14.3 Å². The summed E-state index contributed by atoms with van der Waals surface area (Å²) in [5.41, 5.74) is 0.846. The van der Waals surface area contributed by atoms with Gasteiger partial charge in [-0.1, -0.05) is 36.3 Å². The molecule has 1 aliphatic rings. The molecule has 1 heterocycles. The van der Waals surface area contributed by atoms with Crippen LogP contribution in [-0.4, -0.2) is 24.0 Å². The van der Waals surface area contributed by atoms with E-state index < -0.39 is 11.9 Å². The highest BCUT2D eigenvalue weighted by Gasteiger charge is 2.37. The minimum Gasteiger partial charge on any atom is -0.468 e. The summed E-state index contributed by atoms with van der Waals surface area (Å²) in [6, 6.07) is 7.69. The van der Waals surface area contributed by atoms with Crippen LogP contribution in [0.2, 0.25) is 0 Å². The Hall–Kier alpha value is -1.95. The van der Waals surface area contributed by atoms with Crippen molar-refractivity contribution in [2.75, 3.05) is 12.4 Å². The van der Waals surface area contributed by atoms with Gasteiger partial charge in [-0.3, -0.25) is 9.59 Å². The molecule has 0 radical (unpaired) electrons. The van der Waals surface area contributed by atoms with Crippen molar-refractivity contribution in [2.24, 2.45) is 11.8 Å². The van der Waals surface area contributed by atoms with Crippen LogP contribution in [-0.2, 0) is 14.3 Å². The number of benzene rings is 1. The number of methoxy groups -OCH3 is 1. The van der Waals surface area contributed by atoms with E-state index in [1.165, 1.54) is 18.4 Å². The second kappa shape index (κ2) is 6.44. The number of rotatable bonds is 4. The Bertz CT molecular complexity index is 659. The Balaban J connectivity index is 1.79. The van der Waals surface area contributed by atoms with Crippen LogP contribution >= 0.6 is 11.3 Å². The number of nitrogens with one attached hydrogen (secondary N) is 1. The quantitative estimate of drug-likeness (QED) is 0.694. The fourth-order valence-electron chi connectivity index (χ4n) is 3.04. The molecule has 1 aromatic carbocycles. The minimum atomic E-state index is -0.737. The number of nitrogens with zero attached hydrogens (tertiary/aromatic N) is 1. The van der Waals surface area contributed by atoms with Crippen LogP contribution in [0, 0.1) is 11.8 Å². The maximum absolute atomic E-state index is 12.5. The highest BCUT2D eigenvalue weighted by molar-refractivity contribution is 7.22. The number of carbonyl (C=O) groups excluding carboxylic acids is 2. The first-order chi connectivity index (χ1) is 10.7. The number of para-hydroxylation sites is 1. The van der Waals surface area contributed by atoms with E-state index in [4.69, 9.17) is 4.74 Å². The molecule has 0 aliphatic heterocycles. The van der Waals surface area contributed by atoms with E-state index >= 15 is 0 Å². The molecule has 1 aliphatic carbocycles. The Kier molecular flexibility index (Phi) is 4.38. The molecule has 1 N–H and O–H groups in total. The minimum absolute atomic E-state index is 0.0711. The van der Waals surface area contributed by atoms with Crippen LogP contribution in [0.15, 0.2) is 24.3 Å². The third-order valence-corrected chi connectivity index (χ3v) is 5.08. The van der Waals surface area contributed by atoms with Crippen molar-refractivity contribution in [3.8, 4) is 0 Å². The van der Waals surface area contributed by atoms with Crippen molar-refractivity contribution in [3.05, 3.63) is 24.3 Å². The number of carbonyl (C=O) groups is 2. The van der Waals surface area contributed by atoms with Crippen molar-refractivity contribution in [2.45, 2.75) is 25.7 Å². The van der Waals surface area contributed by atoms with Crippen molar-refractivity contribution in [1.29, 1.82) is 0 Å². The lowest BCUT2D eigenvalue weighted by Crippen LogP contribution is -2.35. The average Bonchev–Trinajstić information content (AvgIpc) is 3.15. The maximum Gasteiger partial charge on any atom is 0.318 e. The molecule has 0 unspecified atom stereocenters. The highest BCUT2D eigenvalue weighted by Crippen LogP contribution is 2.33. The molecule has 2 aromatic rings. The number of hydrogen-bond acceptors (Lipinski definition) is 5. The maximum atomic E-state index is 12.5. The van der Waals surface area contributed by atoms with Crippen LogP contribution in [0.1, 0.15) is 25.7 Å². The van der Waals surface area contributed by atoms with Crippen LogP contribution in [0.25, 0.3) is 10.2 Å². The predicted molar refractivity (Wildman–Crippen MR) is 85.7 cm³/mol. The van der Waals surface area contributed by atoms with E-state index in [1.54, 1.807) is 0 Å². The van der Waals surface area contributed by atoms with Gasteiger partial charge in [-0.15, -0.1) is 0 Å². The van der Waals surface area contributed by atoms with Crippen molar-refractivity contribution >= 4 is 38.6 Å². The van der Waals surface area contributed by atoms with Gasteiger partial charge in [0.05, 0.1) is 17.3 Å². The monoisotopic (exact) mass is 318 g/mol. The largest absolute Gasteiger partial charge is 0.468 e. The van der Waals surface area contributed by atoms with Gasteiger partial charge in [-0.25, -0.2) is 4.98 Å². The van der Waals surface area contributed by atoms with Gasteiger partial charge >= 0.3 is 5.97 Å². The Morgan fingerprint density at radius 1 is 1.32 bits per heavy atom.